The second kappa shape index (κ2) is 5.69. The Morgan fingerprint density at radius 3 is 2.70 bits per heavy atom. The third kappa shape index (κ3) is 3.12. The van der Waals surface area contributed by atoms with Crippen LogP contribution in [0.15, 0.2) is 30.5 Å². The molecule has 1 aromatic heterocycles. The minimum Gasteiger partial charge on any atom is -0.379 e. The summed E-state index contributed by atoms with van der Waals surface area (Å²) in [6.07, 6.45) is 1.77. The van der Waals surface area contributed by atoms with Crippen LogP contribution in [0.1, 0.15) is 27.2 Å². The number of pyridine rings is 1. The minimum atomic E-state index is -0.652. The first kappa shape index (κ1) is 14.0. The van der Waals surface area contributed by atoms with Gasteiger partial charge < -0.3 is 11.1 Å². The first-order valence-electron chi connectivity index (χ1n) is 6.22. The molecule has 1 amide bonds. The lowest BCUT2D eigenvalue weighted by atomic mass is 10.1. The highest BCUT2D eigenvalue weighted by Crippen LogP contribution is 2.21. The van der Waals surface area contributed by atoms with Crippen LogP contribution in [0.25, 0.3) is 0 Å². The Hall–Kier alpha value is -2.43. The van der Waals surface area contributed by atoms with Crippen LogP contribution in [0.2, 0.25) is 0 Å². The number of nitrogens with two attached hydrogens (primary N) is 1. The molecule has 0 fully saturated rings. The molecule has 1 aromatic carbocycles. The van der Waals surface area contributed by atoms with Crippen LogP contribution in [-0.4, -0.2) is 10.9 Å². The predicted molar refractivity (Wildman–Crippen MR) is 76.0 cm³/mol. The molecule has 0 saturated heterocycles. The number of halogens is 1. The van der Waals surface area contributed by atoms with Gasteiger partial charge in [0, 0.05) is 23.0 Å². The van der Waals surface area contributed by atoms with Gasteiger partial charge in [0.15, 0.2) is 0 Å². The Kier molecular flexibility index (Phi) is 3.98. The third-order valence-corrected chi connectivity index (χ3v) is 3.06. The molecule has 0 aliphatic rings. The van der Waals surface area contributed by atoms with E-state index in [-0.39, 0.29) is 5.56 Å². The summed E-state index contributed by atoms with van der Waals surface area (Å²) in [7, 11) is 0. The van der Waals surface area contributed by atoms with Gasteiger partial charge in [0.1, 0.15) is 5.82 Å². The highest BCUT2D eigenvalue weighted by Gasteiger charge is 2.10. The number of benzene rings is 1. The molecule has 2 aromatic rings. The summed E-state index contributed by atoms with van der Waals surface area (Å²) in [5, 5.41) is 3.07. The van der Waals surface area contributed by atoms with Crippen molar-refractivity contribution in [3.8, 4) is 0 Å². The van der Waals surface area contributed by atoms with Gasteiger partial charge >= 0.3 is 0 Å². The van der Waals surface area contributed by atoms with Gasteiger partial charge in [0.25, 0.3) is 0 Å². The van der Waals surface area contributed by atoms with E-state index >= 15 is 0 Å². The smallest absolute Gasteiger partial charge is 0.248 e. The monoisotopic (exact) mass is 273 g/mol. The van der Waals surface area contributed by atoms with Crippen molar-refractivity contribution in [3.05, 3.63) is 58.7 Å². The van der Waals surface area contributed by atoms with E-state index in [0.717, 1.165) is 17.3 Å². The molecule has 0 aliphatic carbocycles. The van der Waals surface area contributed by atoms with Crippen LogP contribution in [0.4, 0.5) is 10.1 Å². The molecule has 0 spiro atoms. The number of aryl methyl sites for hydroxylation is 1. The second-order valence-corrected chi connectivity index (χ2v) is 4.68. The number of carbonyl (C=O) groups excluding carboxylic acids is 1. The molecule has 3 N–H and O–H groups in total. The van der Waals surface area contributed by atoms with Gasteiger partial charge in [0.05, 0.1) is 12.2 Å². The summed E-state index contributed by atoms with van der Waals surface area (Å²) < 4.78 is 13.7. The highest BCUT2D eigenvalue weighted by atomic mass is 19.1. The highest BCUT2D eigenvalue weighted by molar-refractivity contribution is 5.94. The maximum Gasteiger partial charge on any atom is 0.248 e. The van der Waals surface area contributed by atoms with Crippen molar-refractivity contribution in [2.24, 2.45) is 5.73 Å². The largest absolute Gasteiger partial charge is 0.379 e. The maximum absolute atomic E-state index is 13.7. The fourth-order valence-corrected chi connectivity index (χ4v) is 1.79. The molecule has 20 heavy (non-hydrogen) atoms. The summed E-state index contributed by atoms with van der Waals surface area (Å²) >= 11 is 0. The number of nitrogens with zero attached hydrogens (tertiary/aromatic N) is 1. The number of rotatable bonds is 4. The normalized spacial score (nSPS) is 10.3. The molecule has 4 nitrogen and oxygen atoms in total. The average Bonchev–Trinajstić information content (AvgIpc) is 2.42. The Bertz CT molecular complexity index is 638. The Morgan fingerprint density at radius 1 is 1.35 bits per heavy atom. The van der Waals surface area contributed by atoms with E-state index in [1.165, 1.54) is 0 Å². The van der Waals surface area contributed by atoms with Gasteiger partial charge in [-0.1, -0.05) is 6.07 Å². The molecular formula is C15H16FN3O. The lowest BCUT2D eigenvalue weighted by Crippen LogP contribution is -2.13. The van der Waals surface area contributed by atoms with Gasteiger partial charge in [-0.05, 0) is 37.6 Å². The number of primary amides is 1. The molecule has 104 valence electrons. The van der Waals surface area contributed by atoms with E-state index in [4.69, 9.17) is 5.73 Å². The van der Waals surface area contributed by atoms with Gasteiger partial charge in [-0.2, -0.15) is 0 Å². The zero-order valence-corrected chi connectivity index (χ0v) is 11.4. The van der Waals surface area contributed by atoms with Gasteiger partial charge in [0.2, 0.25) is 5.91 Å². The lowest BCUT2D eigenvalue weighted by Gasteiger charge is -2.11. The summed E-state index contributed by atoms with van der Waals surface area (Å²) in [5.41, 5.74) is 8.22. The van der Waals surface area contributed by atoms with Crippen LogP contribution < -0.4 is 11.1 Å². The molecular weight excluding hydrogens is 257 g/mol. The number of hydrogen-bond acceptors (Lipinski definition) is 3. The number of amides is 1. The van der Waals surface area contributed by atoms with Crippen molar-refractivity contribution in [1.82, 2.24) is 4.98 Å². The van der Waals surface area contributed by atoms with Crippen molar-refractivity contribution in [2.45, 2.75) is 20.4 Å². The van der Waals surface area contributed by atoms with E-state index in [9.17, 15) is 9.18 Å². The predicted octanol–water partition coefficient (Wildman–Crippen LogP) is 2.55. The zero-order chi connectivity index (χ0) is 14.7. The van der Waals surface area contributed by atoms with Crippen molar-refractivity contribution in [2.75, 3.05) is 5.32 Å². The number of anilines is 1. The SMILES string of the molecule is Cc1ccc(CNc2cc(C(N)=O)cc(F)c2C)nc1. The number of aromatic nitrogens is 1. The van der Waals surface area contributed by atoms with E-state index in [2.05, 4.69) is 10.3 Å². The molecule has 1 heterocycles. The first-order chi connectivity index (χ1) is 9.47. The van der Waals surface area contributed by atoms with Crippen molar-refractivity contribution < 1.29 is 9.18 Å². The van der Waals surface area contributed by atoms with Crippen molar-refractivity contribution in [1.29, 1.82) is 0 Å². The van der Waals surface area contributed by atoms with Crippen LogP contribution >= 0.6 is 0 Å². The molecule has 5 heteroatoms. The third-order valence-electron chi connectivity index (χ3n) is 3.06. The molecule has 2 rings (SSSR count). The van der Waals surface area contributed by atoms with Gasteiger partial charge in [-0.3, -0.25) is 9.78 Å². The molecule has 0 saturated carbocycles. The Labute approximate surface area is 116 Å². The summed E-state index contributed by atoms with van der Waals surface area (Å²) in [6.45, 7) is 4.05. The van der Waals surface area contributed by atoms with E-state index in [1.807, 2.05) is 19.1 Å². The van der Waals surface area contributed by atoms with E-state index < -0.39 is 11.7 Å². The quantitative estimate of drug-likeness (QED) is 0.899. The number of hydrogen-bond donors (Lipinski definition) is 2. The summed E-state index contributed by atoms with van der Waals surface area (Å²) in [5.74, 6) is -1.11. The molecule has 0 atom stereocenters. The molecule has 0 radical (unpaired) electrons. The van der Waals surface area contributed by atoms with Gasteiger partial charge in [-0.15, -0.1) is 0 Å². The molecule has 0 aliphatic heterocycles. The van der Waals surface area contributed by atoms with Crippen molar-refractivity contribution >= 4 is 11.6 Å². The fraction of sp³-hybridized carbons (Fsp3) is 0.200. The zero-order valence-electron chi connectivity index (χ0n) is 11.4. The minimum absolute atomic E-state index is 0.146. The number of carbonyl (C=O) groups is 1. The Morgan fingerprint density at radius 2 is 2.10 bits per heavy atom. The summed E-state index contributed by atoms with van der Waals surface area (Å²) in [4.78, 5) is 15.4. The van der Waals surface area contributed by atoms with Crippen LogP contribution in [0, 0.1) is 19.7 Å². The van der Waals surface area contributed by atoms with Crippen molar-refractivity contribution in [3.63, 3.8) is 0 Å². The van der Waals surface area contributed by atoms with E-state index in [0.29, 0.717) is 17.8 Å². The first-order valence-corrected chi connectivity index (χ1v) is 6.22. The van der Waals surface area contributed by atoms with Gasteiger partial charge in [-0.25, -0.2) is 4.39 Å². The van der Waals surface area contributed by atoms with Crippen LogP contribution in [-0.2, 0) is 6.54 Å². The average molecular weight is 273 g/mol. The van der Waals surface area contributed by atoms with Crippen LogP contribution in [0.5, 0.6) is 0 Å². The molecule has 0 bridgehead atoms. The maximum atomic E-state index is 13.7. The fourth-order valence-electron chi connectivity index (χ4n) is 1.79. The topological polar surface area (TPSA) is 68.0 Å². The molecule has 0 unspecified atom stereocenters. The Balaban J connectivity index is 2.20. The van der Waals surface area contributed by atoms with E-state index in [1.54, 1.807) is 19.2 Å². The lowest BCUT2D eigenvalue weighted by molar-refractivity contribution is 0.1000. The second-order valence-electron chi connectivity index (χ2n) is 4.68. The summed E-state index contributed by atoms with van der Waals surface area (Å²) in [6, 6.07) is 6.55. The number of nitrogens with one attached hydrogen (secondary N) is 1. The standard InChI is InChI=1S/C15H16FN3O/c1-9-3-4-12(18-7-9)8-19-14-6-11(15(17)20)5-13(16)10(14)2/h3-7,19H,8H2,1-2H3,(H2,17,20). The van der Waals surface area contributed by atoms with Crippen LogP contribution in [0.3, 0.4) is 0 Å².